The molecule has 1 saturated heterocycles. The van der Waals surface area contributed by atoms with Crippen molar-refractivity contribution in [1.29, 1.82) is 0 Å². The van der Waals surface area contributed by atoms with Crippen molar-refractivity contribution in [1.82, 2.24) is 9.80 Å². The summed E-state index contributed by atoms with van der Waals surface area (Å²) in [5.41, 5.74) is 0.335. The number of hydrogen-bond acceptors (Lipinski definition) is 7. The molecule has 0 bridgehead atoms. The smallest absolute Gasteiger partial charge is 0.295 e. The minimum absolute atomic E-state index is 0.0180. The molecule has 1 aliphatic rings. The highest BCUT2D eigenvalue weighted by Crippen LogP contribution is 2.42. The minimum Gasteiger partial charge on any atom is -0.507 e. The standard InChI is InChI=1S/C24H27FN2O6/c1-26(2)10-5-11-27-21(14-6-8-17(28)19(13-14)33-4)20(23(30)24(27)31)22(29)15-7-9-18(32-3)16(25)12-15/h6-9,12-13,21,28-29H,5,10-11H2,1-4H3/t21-/m1/s1. The highest BCUT2D eigenvalue weighted by molar-refractivity contribution is 6.46. The van der Waals surface area contributed by atoms with Gasteiger partial charge in [-0.2, -0.15) is 0 Å². The molecule has 0 radical (unpaired) electrons. The quantitative estimate of drug-likeness (QED) is 0.356. The van der Waals surface area contributed by atoms with Crippen LogP contribution in [-0.2, 0) is 9.59 Å². The van der Waals surface area contributed by atoms with Gasteiger partial charge in [-0.25, -0.2) is 4.39 Å². The number of carbonyl (C=O) groups is 2. The Balaban J connectivity index is 2.15. The number of Topliss-reactive ketones (excluding diaryl/α,β-unsaturated/α-hetero) is 1. The summed E-state index contributed by atoms with van der Waals surface area (Å²) in [5.74, 6) is -2.82. The zero-order chi connectivity index (χ0) is 24.3. The average Bonchev–Trinajstić information content (AvgIpc) is 3.03. The zero-order valence-electron chi connectivity index (χ0n) is 19.0. The van der Waals surface area contributed by atoms with Gasteiger partial charge in [-0.3, -0.25) is 9.59 Å². The Morgan fingerprint density at radius 1 is 1.09 bits per heavy atom. The van der Waals surface area contributed by atoms with Crippen LogP contribution in [-0.4, -0.2) is 73.1 Å². The monoisotopic (exact) mass is 458 g/mol. The number of aliphatic hydroxyl groups excluding tert-OH is 1. The molecule has 1 fully saturated rings. The van der Waals surface area contributed by atoms with Crippen molar-refractivity contribution in [3.8, 4) is 17.2 Å². The van der Waals surface area contributed by atoms with Crippen molar-refractivity contribution in [3.05, 3.63) is 58.9 Å². The number of nitrogens with zero attached hydrogens (tertiary/aromatic N) is 2. The van der Waals surface area contributed by atoms with Gasteiger partial charge >= 0.3 is 0 Å². The van der Waals surface area contributed by atoms with Gasteiger partial charge in [0.2, 0.25) is 0 Å². The van der Waals surface area contributed by atoms with Gasteiger partial charge in [-0.05, 0) is 63.0 Å². The lowest BCUT2D eigenvalue weighted by Gasteiger charge is -2.26. The first-order chi connectivity index (χ1) is 15.7. The van der Waals surface area contributed by atoms with Crippen LogP contribution in [0.5, 0.6) is 17.2 Å². The predicted molar refractivity (Wildman–Crippen MR) is 120 cm³/mol. The number of hydrogen-bond donors (Lipinski definition) is 2. The molecule has 1 heterocycles. The molecule has 8 nitrogen and oxygen atoms in total. The first-order valence-electron chi connectivity index (χ1n) is 10.3. The second-order valence-electron chi connectivity index (χ2n) is 7.93. The molecule has 0 spiro atoms. The zero-order valence-corrected chi connectivity index (χ0v) is 19.0. The molecular weight excluding hydrogens is 431 g/mol. The van der Waals surface area contributed by atoms with Gasteiger partial charge in [0, 0.05) is 12.1 Å². The van der Waals surface area contributed by atoms with Crippen molar-refractivity contribution in [2.24, 2.45) is 0 Å². The second kappa shape index (κ2) is 9.91. The van der Waals surface area contributed by atoms with Crippen LogP contribution >= 0.6 is 0 Å². The summed E-state index contributed by atoms with van der Waals surface area (Å²) in [7, 11) is 6.49. The number of phenolic OH excluding ortho intramolecular Hbond substituents is 1. The number of benzene rings is 2. The first-order valence-corrected chi connectivity index (χ1v) is 10.3. The van der Waals surface area contributed by atoms with Crippen LogP contribution in [0.3, 0.4) is 0 Å². The molecule has 33 heavy (non-hydrogen) atoms. The number of amides is 1. The molecular formula is C24H27FN2O6. The highest BCUT2D eigenvalue weighted by Gasteiger charge is 2.46. The molecule has 1 amide bonds. The topological polar surface area (TPSA) is 99.5 Å². The lowest BCUT2D eigenvalue weighted by molar-refractivity contribution is -0.139. The largest absolute Gasteiger partial charge is 0.507 e. The Labute approximate surface area is 191 Å². The molecule has 2 N–H and O–H groups in total. The fourth-order valence-electron chi connectivity index (χ4n) is 3.85. The summed E-state index contributed by atoms with van der Waals surface area (Å²) in [6.07, 6.45) is 0.586. The van der Waals surface area contributed by atoms with Gasteiger partial charge in [-0.1, -0.05) is 6.07 Å². The lowest BCUT2D eigenvalue weighted by Crippen LogP contribution is -2.32. The summed E-state index contributed by atoms with van der Waals surface area (Å²) in [6, 6.07) is 7.29. The number of aliphatic hydroxyl groups is 1. The number of methoxy groups -OCH3 is 2. The van der Waals surface area contributed by atoms with Gasteiger partial charge < -0.3 is 29.5 Å². The van der Waals surface area contributed by atoms with Gasteiger partial charge in [0.1, 0.15) is 5.76 Å². The fourth-order valence-corrected chi connectivity index (χ4v) is 3.85. The SMILES string of the molecule is COc1cc([C@@H]2C(=C(O)c3ccc(OC)c(F)c3)C(=O)C(=O)N2CCCN(C)C)ccc1O. The number of ketones is 1. The molecule has 1 atom stereocenters. The Bertz CT molecular complexity index is 1100. The Hall–Kier alpha value is -3.59. The highest BCUT2D eigenvalue weighted by atomic mass is 19.1. The Morgan fingerprint density at radius 3 is 2.39 bits per heavy atom. The normalized spacial score (nSPS) is 17.6. The summed E-state index contributed by atoms with van der Waals surface area (Å²) in [6.45, 7) is 0.933. The molecule has 2 aromatic rings. The summed E-state index contributed by atoms with van der Waals surface area (Å²) in [4.78, 5) is 29.3. The van der Waals surface area contributed by atoms with Crippen molar-refractivity contribution >= 4 is 17.4 Å². The van der Waals surface area contributed by atoms with Crippen LogP contribution in [0.2, 0.25) is 0 Å². The van der Waals surface area contributed by atoms with E-state index in [2.05, 4.69) is 0 Å². The number of likely N-dealkylation sites (tertiary alicyclic amines) is 1. The maximum Gasteiger partial charge on any atom is 0.295 e. The number of aromatic hydroxyl groups is 1. The molecule has 0 aliphatic carbocycles. The van der Waals surface area contributed by atoms with E-state index in [-0.39, 0.29) is 34.9 Å². The molecule has 1 aliphatic heterocycles. The molecule has 2 aromatic carbocycles. The Morgan fingerprint density at radius 2 is 1.79 bits per heavy atom. The third-order valence-corrected chi connectivity index (χ3v) is 5.49. The van der Waals surface area contributed by atoms with E-state index < -0.39 is 29.3 Å². The maximum absolute atomic E-state index is 14.3. The first kappa shape index (κ1) is 24.1. The third kappa shape index (κ3) is 4.78. The van der Waals surface area contributed by atoms with Crippen LogP contribution in [0.1, 0.15) is 23.6 Å². The van der Waals surface area contributed by atoms with Crippen LogP contribution < -0.4 is 9.47 Å². The van der Waals surface area contributed by atoms with Crippen LogP contribution in [0, 0.1) is 5.82 Å². The van der Waals surface area contributed by atoms with Crippen molar-refractivity contribution in [2.45, 2.75) is 12.5 Å². The molecule has 176 valence electrons. The predicted octanol–water partition coefficient (Wildman–Crippen LogP) is 2.92. The maximum atomic E-state index is 14.3. The van der Waals surface area contributed by atoms with Crippen LogP contribution in [0.15, 0.2) is 42.0 Å². The number of carbonyl (C=O) groups excluding carboxylic acids is 2. The van der Waals surface area contributed by atoms with Gasteiger partial charge in [-0.15, -0.1) is 0 Å². The molecule has 3 rings (SSSR count). The average molecular weight is 458 g/mol. The van der Waals surface area contributed by atoms with Crippen molar-refractivity contribution in [3.63, 3.8) is 0 Å². The third-order valence-electron chi connectivity index (χ3n) is 5.49. The van der Waals surface area contributed by atoms with E-state index in [1.165, 1.54) is 43.4 Å². The van der Waals surface area contributed by atoms with Crippen molar-refractivity contribution in [2.75, 3.05) is 41.4 Å². The van der Waals surface area contributed by atoms with Gasteiger partial charge in [0.05, 0.1) is 25.8 Å². The molecule has 9 heteroatoms. The van der Waals surface area contributed by atoms with E-state index in [1.54, 1.807) is 6.07 Å². The van der Waals surface area contributed by atoms with Gasteiger partial charge in [0.25, 0.3) is 11.7 Å². The van der Waals surface area contributed by atoms with E-state index in [4.69, 9.17) is 9.47 Å². The summed E-state index contributed by atoms with van der Waals surface area (Å²) in [5, 5.41) is 21.0. The molecule has 0 aromatic heterocycles. The number of phenols is 1. The lowest BCUT2D eigenvalue weighted by atomic mass is 9.95. The van der Waals surface area contributed by atoms with Crippen LogP contribution in [0.4, 0.5) is 4.39 Å². The second-order valence-corrected chi connectivity index (χ2v) is 7.93. The van der Waals surface area contributed by atoms with E-state index in [0.29, 0.717) is 18.5 Å². The summed E-state index contributed by atoms with van der Waals surface area (Å²) >= 11 is 0. The fraction of sp³-hybridized carbons (Fsp3) is 0.333. The van der Waals surface area contributed by atoms with Gasteiger partial charge in [0.15, 0.2) is 23.1 Å². The van der Waals surface area contributed by atoms with Crippen molar-refractivity contribution < 1.29 is 33.7 Å². The van der Waals surface area contributed by atoms with E-state index in [0.717, 1.165) is 6.07 Å². The van der Waals surface area contributed by atoms with Crippen LogP contribution in [0.25, 0.3) is 5.76 Å². The Kier molecular flexibility index (Phi) is 7.23. The number of ether oxygens (including phenoxy) is 2. The number of rotatable bonds is 8. The van der Waals surface area contributed by atoms with E-state index >= 15 is 0 Å². The summed E-state index contributed by atoms with van der Waals surface area (Å²) < 4.78 is 24.4. The van der Waals surface area contributed by atoms with E-state index in [1.807, 2.05) is 19.0 Å². The van der Waals surface area contributed by atoms with E-state index in [9.17, 15) is 24.2 Å². The number of halogens is 1. The molecule has 0 saturated carbocycles. The minimum atomic E-state index is -0.938. The molecule has 0 unspecified atom stereocenters.